The van der Waals surface area contributed by atoms with Crippen LogP contribution in [0.4, 0.5) is 8.78 Å². The minimum Gasteiger partial charge on any atom is -0.491 e. The van der Waals surface area contributed by atoms with Gasteiger partial charge in [-0.1, -0.05) is 0 Å². The molecule has 0 radical (unpaired) electrons. The predicted octanol–water partition coefficient (Wildman–Crippen LogP) is 1.63. The van der Waals surface area contributed by atoms with E-state index in [0.717, 1.165) is 0 Å². The fraction of sp³-hybridized carbons (Fsp3) is 0.375. The zero-order chi connectivity index (χ0) is 10.0. The summed E-state index contributed by atoms with van der Waals surface area (Å²) in [6.07, 6.45) is -1.49. The van der Waals surface area contributed by atoms with E-state index in [1.807, 2.05) is 0 Å². The molecule has 72 valence electrons. The van der Waals surface area contributed by atoms with Crippen LogP contribution in [0.1, 0.15) is 17.7 Å². The first kappa shape index (κ1) is 9.70. The Morgan fingerprint density at radius 3 is 2.62 bits per heavy atom. The molecule has 0 spiro atoms. The van der Waals surface area contributed by atoms with Crippen LogP contribution in [0.3, 0.4) is 0 Å². The standard InChI is InChI=1S/C8H9F2NO2/c1-4-3-11-5(8(9)10)7(13-2)6(4)12/h3,8H,1-2H3,(H,11,12). The van der Waals surface area contributed by atoms with Gasteiger partial charge in [-0.2, -0.15) is 0 Å². The van der Waals surface area contributed by atoms with Gasteiger partial charge in [0.25, 0.3) is 6.43 Å². The van der Waals surface area contributed by atoms with E-state index >= 15 is 0 Å². The van der Waals surface area contributed by atoms with Gasteiger partial charge in [0, 0.05) is 11.8 Å². The molecule has 0 aliphatic carbocycles. The molecular formula is C8H9F2NO2. The number of pyridine rings is 1. The highest BCUT2D eigenvalue weighted by atomic mass is 19.3. The highest BCUT2D eigenvalue weighted by Gasteiger charge is 2.17. The molecule has 0 amide bonds. The highest BCUT2D eigenvalue weighted by Crippen LogP contribution is 2.23. The lowest BCUT2D eigenvalue weighted by atomic mass is 10.2. The minimum atomic E-state index is -2.73. The normalized spacial score (nSPS) is 10.5. The quantitative estimate of drug-likeness (QED) is 0.768. The molecule has 0 aliphatic rings. The van der Waals surface area contributed by atoms with Gasteiger partial charge in [-0.3, -0.25) is 4.79 Å². The second-order valence-corrected chi connectivity index (χ2v) is 2.55. The number of rotatable bonds is 2. The molecule has 1 aromatic heterocycles. The lowest BCUT2D eigenvalue weighted by Gasteiger charge is -2.06. The molecule has 0 bridgehead atoms. The van der Waals surface area contributed by atoms with E-state index in [4.69, 9.17) is 0 Å². The Labute approximate surface area is 73.4 Å². The number of hydrogen-bond acceptors (Lipinski definition) is 2. The van der Waals surface area contributed by atoms with Crippen LogP contribution in [0, 0.1) is 6.92 Å². The Morgan fingerprint density at radius 1 is 1.54 bits per heavy atom. The third kappa shape index (κ3) is 1.68. The number of aromatic amines is 1. The Hall–Kier alpha value is -1.39. The summed E-state index contributed by atoms with van der Waals surface area (Å²) in [5, 5.41) is 0. The number of nitrogens with one attached hydrogen (secondary N) is 1. The molecule has 1 rings (SSSR count). The van der Waals surface area contributed by atoms with E-state index in [1.54, 1.807) is 0 Å². The van der Waals surface area contributed by atoms with Crippen LogP contribution in [0.25, 0.3) is 0 Å². The number of hydrogen-bond donors (Lipinski definition) is 1. The number of ether oxygens (including phenoxy) is 1. The molecule has 0 atom stereocenters. The number of H-pyrrole nitrogens is 1. The third-order valence-corrected chi connectivity index (χ3v) is 1.68. The summed E-state index contributed by atoms with van der Waals surface area (Å²) in [5.74, 6) is -0.310. The number of aromatic nitrogens is 1. The second-order valence-electron chi connectivity index (χ2n) is 2.55. The molecule has 0 aromatic carbocycles. The van der Waals surface area contributed by atoms with Crippen molar-refractivity contribution in [3.8, 4) is 5.75 Å². The average molecular weight is 189 g/mol. The van der Waals surface area contributed by atoms with E-state index in [2.05, 4.69) is 9.72 Å². The van der Waals surface area contributed by atoms with Crippen molar-refractivity contribution >= 4 is 0 Å². The Balaban J connectivity index is 3.39. The summed E-state index contributed by atoms with van der Waals surface area (Å²) >= 11 is 0. The zero-order valence-corrected chi connectivity index (χ0v) is 7.23. The lowest BCUT2D eigenvalue weighted by Crippen LogP contribution is -2.13. The molecule has 3 nitrogen and oxygen atoms in total. The SMILES string of the molecule is COc1c(C(F)F)[nH]cc(C)c1=O. The molecule has 1 aromatic rings. The van der Waals surface area contributed by atoms with Gasteiger partial charge < -0.3 is 9.72 Å². The number of aryl methyl sites for hydroxylation is 1. The van der Waals surface area contributed by atoms with E-state index < -0.39 is 17.5 Å². The van der Waals surface area contributed by atoms with Crippen LogP contribution in [-0.4, -0.2) is 12.1 Å². The second kappa shape index (κ2) is 3.55. The third-order valence-electron chi connectivity index (χ3n) is 1.68. The summed E-state index contributed by atoms with van der Waals surface area (Å²) in [7, 11) is 1.19. The Bertz CT molecular complexity index is 360. The van der Waals surface area contributed by atoms with Crippen molar-refractivity contribution in [2.24, 2.45) is 0 Å². The summed E-state index contributed by atoms with van der Waals surface area (Å²) in [4.78, 5) is 13.6. The summed E-state index contributed by atoms with van der Waals surface area (Å²) in [5.41, 5.74) is -0.629. The van der Waals surface area contributed by atoms with Crippen molar-refractivity contribution < 1.29 is 13.5 Å². The average Bonchev–Trinajstić information content (AvgIpc) is 2.09. The van der Waals surface area contributed by atoms with Crippen molar-refractivity contribution in [2.75, 3.05) is 7.11 Å². The molecule has 0 saturated carbocycles. The molecule has 1 N–H and O–H groups in total. The largest absolute Gasteiger partial charge is 0.491 e. The van der Waals surface area contributed by atoms with Gasteiger partial charge in [0.1, 0.15) is 5.69 Å². The molecular weight excluding hydrogens is 180 g/mol. The zero-order valence-electron chi connectivity index (χ0n) is 7.23. The van der Waals surface area contributed by atoms with Crippen molar-refractivity contribution in [2.45, 2.75) is 13.3 Å². The van der Waals surface area contributed by atoms with Gasteiger partial charge >= 0.3 is 0 Å². The smallest absolute Gasteiger partial charge is 0.282 e. The van der Waals surface area contributed by atoms with Crippen molar-refractivity contribution in [1.29, 1.82) is 0 Å². The van der Waals surface area contributed by atoms with Gasteiger partial charge in [0.2, 0.25) is 5.43 Å². The molecule has 0 fully saturated rings. The van der Waals surface area contributed by atoms with E-state index in [1.165, 1.54) is 20.2 Å². The first-order valence-corrected chi connectivity index (χ1v) is 3.62. The van der Waals surface area contributed by atoms with Crippen LogP contribution in [0.2, 0.25) is 0 Å². The predicted molar refractivity (Wildman–Crippen MR) is 43.3 cm³/mol. The van der Waals surface area contributed by atoms with Crippen LogP contribution in [-0.2, 0) is 0 Å². The van der Waals surface area contributed by atoms with E-state index in [9.17, 15) is 13.6 Å². The van der Waals surface area contributed by atoms with Crippen LogP contribution >= 0.6 is 0 Å². The maximum absolute atomic E-state index is 12.3. The molecule has 0 aliphatic heterocycles. The van der Waals surface area contributed by atoms with Gasteiger partial charge in [0.05, 0.1) is 7.11 Å². The molecule has 0 saturated heterocycles. The number of halogens is 2. The Kier molecular flexibility index (Phi) is 2.65. The first-order valence-electron chi connectivity index (χ1n) is 3.62. The molecule has 1 heterocycles. The van der Waals surface area contributed by atoms with Crippen LogP contribution < -0.4 is 10.2 Å². The topological polar surface area (TPSA) is 42.1 Å². The van der Waals surface area contributed by atoms with Gasteiger partial charge in [-0.15, -0.1) is 0 Å². The molecule has 5 heteroatoms. The fourth-order valence-electron chi connectivity index (χ4n) is 0.983. The van der Waals surface area contributed by atoms with Crippen LogP contribution in [0.15, 0.2) is 11.0 Å². The highest BCUT2D eigenvalue weighted by molar-refractivity contribution is 5.31. The molecule has 0 unspecified atom stereocenters. The Morgan fingerprint density at radius 2 is 2.15 bits per heavy atom. The summed E-state index contributed by atoms with van der Waals surface area (Å²) < 4.78 is 29.1. The van der Waals surface area contributed by atoms with Crippen molar-refractivity contribution in [3.63, 3.8) is 0 Å². The molecule has 13 heavy (non-hydrogen) atoms. The maximum atomic E-state index is 12.3. The van der Waals surface area contributed by atoms with Crippen molar-refractivity contribution in [1.82, 2.24) is 4.98 Å². The monoisotopic (exact) mass is 189 g/mol. The maximum Gasteiger partial charge on any atom is 0.282 e. The van der Waals surface area contributed by atoms with E-state index in [0.29, 0.717) is 5.56 Å². The lowest BCUT2D eigenvalue weighted by molar-refractivity contribution is 0.141. The van der Waals surface area contributed by atoms with Crippen molar-refractivity contribution in [3.05, 3.63) is 27.7 Å². The fourth-order valence-corrected chi connectivity index (χ4v) is 0.983. The number of alkyl halides is 2. The first-order chi connectivity index (χ1) is 6.07. The van der Waals surface area contributed by atoms with E-state index in [-0.39, 0.29) is 5.75 Å². The summed E-state index contributed by atoms with van der Waals surface area (Å²) in [6, 6.07) is 0. The van der Waals surface area contributed by atoms with Gasteiger partial charge in [0.15, 0.2) is 5.75 Å². The van der Waals surface area contributed by atoms with Gasteiger partial charge in [-0.05, 0) is 6.92 Å². The minimum absolute atomic E-state index is 0.310. The van der Waals surface area contributed by atoms with Gasteiger partial charge in [-0.25, -0.2) is 8.78 Å². The van der Waals surface area contributed by atoms with Crippen LogP contribution in [0.5, 0.6) is 5.75 Å². The number of methoxy groups -OCH3 is 1. The summed E-state index contributed by atoms with van der Waals surface area (Å²) in [6.45, 7) is 1.52.